The molecule has 0 radical (unpaired) electrons. The zero-order valence-electron chi connectivity index (χ0n) is 4.89. The van der Waals surface area contributed by atoms with Gasteiger partial charge in [0.1, 0.15) is 0 Å². The first-order valence-electron chi connectivity index (χ1n) is 1.76. The molecule has 0 amide bonds. The summed E-state index contributed by atoms with van der Waals surface area (Å²) >= 11 is 0. The first-order valence-corrected chi connectivity index (χ1v) is 1.76. The summed E-state index contributed by atoms with van der Waals surface area (Å²) in [5, 5.41) is 0. The molecule has 0 aliphatic rings. The van der Waals surface area contributed by atoms with Gasteiger partial charge in [-0.3, -0.25) is 0 Å². The van der Waals surface area contributed by atoms with E-state index in [-0.39, 0.29) is 58.9 Å². The van der Waals surface area contributed by atoms with Gasteiger partial charge in [0.05, 0.1) is 0 Å². The van der Waals surface area contributed by atoms with E-state index in [0.717, 1.165) is 0 Å². The van der Waals surface area contributed by atoms with Crippen LogP contribution in [0.15, 0.2) is 24.5 Å². The fraction of sp³-hybridized carbons (Fsp3) is 0. The molecule has 5 heteroatoms. The third-order valence-electron chi connectivity index (χ3n) is 0.514. The van der Waals surface area contributed by atoms with Crippen LogP contribution < -0.4 is 37.2 Å². The summed E-state index contributed by atoms with van der Waals surface area (Å²) in [7, 11) is 0. The first-order chi connectivity index (χ1) is 3.00. The van der Waals surface area contributed by atoms with Gasteiger partial charge in [0.15, 0.2) is 0 Å². The number of hydrogen-bond donors (Lipinski definition) is 0. The summed E-state index contributed by atoms with van der Waals surface area (Å²) < 4.78 is 0. The number of aromatic nitrogens is 1. The molecule has 0 saturated carbocycles. The minimum absolute atomic E-state index is 0. The molecule has 0 bridgehead atoms. The van der Waals surface area contributed by atoms with Crippen LogP contribution in [0.3, 0.4) is 0 Å². The topological polar surface area (TPSA) is 12.9 Å². The summed E-state index contributed by atoms with van der Waals surface area (Å²) in [4.78, 5) is 3.73. The molecule has 0 saturated heterocycles. The summed E-state index contributed by atoms with van der Waals surface area (Å²) in [5.41, 5.74) is 0. The van der Waals surface area contributed by atoms with E-state index >= 15 is 0 Å². The predicted molar refractivity (Wildman–Crippen MR) is 23.1 cm³/mol. The first kappa shape index (κ1) is 22.4. The van der Waals surface area contributed by atoms with Crippen LogP contribution in [0.25, 0.3) is 0 Å². The number of pyridine rings is 1. The van der Waals surface area contributed by atoms with E-state index in [2.05, 4.69) is 11.1 Å². The van der Waals surface area contributed by atoms with Crippen LogP contribution in [0.5, 0.6) is 0 Å². The number of rotatable bonds is 0. The molecule has 54 valence electrons. The molecule has 0 unspecified atom stereocenters. The van der Waals surface area contributed by atoms with E-state index in [9.17, 15) is 0 Å². The molecular formula is C5H4Cl3NTi. The Morgan fingerprint density at radius 3 is 1.80 bits per heavy atom. The van der Waals surface area contributed by atoms with Crippen molar-refractivity contribution in [1.29, 1.82) is 0 Å². The van der Waals surface area contributed by atoms with Gasteiger partial charge in [-0.1, -0.05) is 12.4 Å². The van der Waals surface area contributed by atoms with Gasteiger partial charge < -0.3 is 42.2 Å². The average Bonchev–Trinajstić information content (AvgIpc) is 1.72. The Hall–Kier alpha value is 0.734. The third kappa shape index (κ3) is 11.5. The Morgan fingerprint density at radius 1 is 1.10 bits per heavy atom. The Morgan fingerprint density at radius 2 is 1.70 bits per heavy atom. The molecule has 1 heterocycles. The van der Waals surface area contributed by atoms with Crippen LogP contribution >= 0.6 is 0 Å². The van der Waals surface area contributed by atoms with Crippen molar-refractivity contribution >= 4 is 0 Å². The maximum absolute atomic E-state index is 3.73. The van der Waals surface area contributed by atoms with E-state index in [1.54, 1.807) is 12.4 Å². The average molecular weight is 232 g/mol. The molecule has 0 fully saturated rings. The Kier molecular flexibility index (Phi) is 36.7. The SMILES string of the molecule is [Cl-].[Cl-].[Cl-].[Ti+4].[c-]1cccnc1. The third-order valence-corrected chi connectivity index (χ3v) is 0.514. The van der Waals surface area contributed by atoms with Crippen LogP contribution in [-0.2, 0) is 21.7 Å². The molecule has 1 rings (SSSR count). The second-order valence-electron chi connectivity index (χ2n) is 0.953. The van der Waals surface area contributed by atoms with Crippen molar-refractivity contribution in [2.45, 2.75) is 0 Å². The van der Waals surface area contributed by atoms with Gasteiger partial charge in [0, 0.05) is 0 Å². The quantitative estimate of drug-likeness (QED) is 0.320. The van der Waals surface area contributed by atoms with Crippen molar-refractivity contribution in [2.24, 2.45) is 0 Å². The number of nitrogens with zero attached hydrogens (tertiary/aromatic N) is 1. The Bertz CT molecular complexity index is 88.8. The van der Waals surface area contributed by atoms with Gasteiger partial charge in [0.25, 0.3) is 0 Å². The second kappa shape index (κ2) is 16.4. The van der Waals surface area contributed by atoms with Crippen LogP contribution in [-0.4, -0.2) is 4.98 Å². The molecule has 0 aliphatic heterocycles. The molecule has 0 N–H and O–H groups in total. The normalized spacial score (nSPS) is 4.80. The Labute approximate surface area is 94.1 Å². The van der Waals surface area contributed by atoms with Crippen molar-refractivity contribution < 1.29 is 58.9 Å². The minimum Gasteiger partial charge on any atom is -1.00 e. The van der Waals surface area contributed by atoms with Crippen LogP contribution in [0, 0.1) is 6.07 Å². The van der Waals surface area contributed by atoms with Crippen molar-refractivity contribution in [3.63, 3.8) is 0 Å². The maximum atomic E-state index is 3.73. The number of hydrogen-bond acceptors (Lipinski definition) is 1. The monoisotopic (exact) mass is 231 g/mol. The molecule has 10 heavy (non-hydrogen) atoms. The molecular weight excluding hydrogens is 228 g/mol. The van der Waals surface area contributed by atoms with E-state index < -0.39 is 0 Å². The Balaban J connectivity index is -0.0000000450. The van der Waals surface area contributed by atoms with Gasteiger partial charge in [-0.25, -0.2) is 12.1 Å². The molecule has 1 aromatic heterocycles. The van der Waals surface area contributed by atoms with Gasteiger partial charge in [0.2, 0.25) is 0 Å². The molecule has 0 aliphatic carbocycles. The molecule has 1 aromatic rings. The molecule has 0 atom stereocenters. The summed E-state index contributed by atoms with van der Waals surface area (Å²) in [6, 6.07) is 6.43. The molecule has 0 aromatic carbocycles. The second-order valence-corrected chi connectivity index (χ2v) is 0.953. The molecule has 1 nitrogen and oxygen atoms in total. The van der Waals surface area contributed by atoms with Gasteiger partial charge in [-0.15, -0.1) is 0 Å². The zero-order valence-corrected chi connectivity index (χ0v) is 8.72. The fourth-order valence-electron chi connectivity index (χ4n) is 0.277. The van der Waals surface area contributed by atoms with Crippen molar-refractivity contribution in [1.82, 2.24) is 4.98 Å². The van der Waals surface area contributed by atoms with E-state index in [1.807, 2.05) is 12.1 Å². The predicted octanol–water partition coefficient (Wildman–Crippen LogP) is -8.11. The zero-order chi connectivity index (χ0) is 4.24. The molecule has 0 spiro atoms. The summed E-state index contributed by atoms with van der Waals surface area (Å²) in [6.45, 7) is 0. The fourth-order valence-corrected chi connectivity index (χ4v) is 0.277. The van der Waals surface area contributed by atoms with Gasteiger partial charge in [-0.2, -0.15) is 6.07 Å². The van der Waals surface area contributed by atoms with E-state index in [1.165, 1.54) is 0 Å². The van der Waals surface area contributed by atoms with Gasteiger partial charge in [-0.05, 0) is 0 Å². The summed E-state index contributed by atoms with van der Waals surface area (Å²) in [5.74, 6) is 0. The van der Waals surface area contributed by atoms with Crippen LogP contribution in [0.4, 0.5) is 0 Å². The van der Waals surface area contributed by atoms with Crippen molar-refractivity contribution in [3.8, 4) is 0 Å². The van der Waals surface area contributed by atoms with Crippen molar-refractivity contribution in [2.75, 3.05) is 0 Å². The van der Waals surface area contributed by atoms with E-state index in [0.29, 0.717) is 0 Å². The smallest absolute Gasteiger partial charge is 1.00 e. The number of halogens is 3. The standard InChI is InChI=1S/C5H4N.3ClH.Ti/c1-2-4-6-5-3-1;;;;/h1-2,4-5H;3*1H;/q-1;;;;+4/p-3. The minimum atomic E-state index is 0. The maximum Gasteiger partial charge on any atom is 4.00 e. The van der Waals surface area contributed by atoms with Gasteiger partial charge >= 0.3 is 21.7 Å². The summed E-state index contributed by atoms with van der Waals surface area (Å²) in [6.07, 6.45) is 3.34. The van der Waals surface area contributed by atoms with Crippen molar-refractivity contribution in [3.05, 3.63) is 30.6 Å². The van der Waals surface area contributed by atoms with Crippen LogP contribution in [0.1, 0.15) is 0 Å². The van der Waals surface area contributed by atoms with Crippen LogP contribution in [0.2, 0.25) is 0 Å². The largest absolute Gasteiger partial charge is 4.00 e. The van der Waals surface area contributed by atoms with E-state index in [4.69, 9.17) is 0 Å².